The molecule has 0 saturated carbocycles. The van der Waals surface area contributed by atoms with Crippen LogP contribution in [0.15, 0.2) is 47.8 Å². The number of hydrogen-bond acceptors (Lipinski definition) is 5. The van der Waals surface area contributed by atoms with E-state index in [0.29, 0.717) is 30.2 Å². The van der Waals surface area contributed by atoms with Crippen LogP contribution in [0.25, 0.3) is 16.3 Å². The molecule has 3 aromatic rings. The molecule has 0 fully saturated rings. The third-order valence-corrected chi connectivity index (χ3v) is 4.93. The van der Waals surface area contributed by atoms with E-state index in [4.69, 9.17) is 0 Å². The summed E-state index contributed by atoms with van der Waals surface area (Å²) in [6.07, 6.45) is 0. The Hall–Kier alpha value is -3.00. The highest BCUT2D eigenvalue weighted by atomic mass is 32.1. The molecule has 0 atom stereocenters. The molecule has 8 heteroatoms. The van der Waals surface area contributed by atoms with Crippen molar-refractivity contribution in [2.45, 2.75) is 13.8 Å². The lowest BCUT2D eigenvalue weighted by atomic mass is 10.2. The van der Waals surface area contributed by atoms with E-state index in [1.807, 2.05) is 31.4 Å². The lowest BCUT2D eigenvalue weighted by molar-refractivity contribution is -0.384. The zero-order chi connectivity index (χ0) is 18.7. The van der Waals surface area contributed by atoms with Crippen LogP contribution in [0.4, 0.5) is 5.69 Å². The number of aromatic nitrogens is 2. The Balaban J connectivity index is 2.15. The molecule has 0 spiro atoms. The van der Waals surface area contributed by atoms with Gasteiger partial charge in [-0.1, -0.05) is 12.1 Å². The first kappa shape index (κ1) is 17.8. The summed E-state index contributed by atoms with van der Waals surface area (Å²) >= 11 is 1.52. The Morgan fingerprint density at radius 1 is 1.23 bits per heavy atom. The van der Waals surface area contributed by atoms with Gasteiger partial charge in [0.15, 0.2) is 0 Å². The summed E-state index contributed by atoms with van der Waals surface area (Å²) in [5.41, 5.74) is 1.49. The van der Waals surface area contributed by atoms with Gasteiger partial charge >= 0.3 is 0 Å². The fraction of sp³-hybridized carbons (Fsp3) is 0.222. The van der Waals surface area contributed by atoms with Gasteiger partial charge in [-0.15, -0.1) is 11.3 Å². The second-order valence-electron chi connectivity index (χ2n) is 5.56. The van der Waals surface area contributed by atoms with Gasteiger partial charge in [-0.3, -0.25) is 14.9 Å². The number of rotatable bonds is 6. The van der Waals surface area contributed by atoms with Crippen LogP contribution in [0.3, 0.4) is 0 Å². The molecule has 0 N–H and O–H groups in total. The highest BCUT2D eigenvalue weighted by molar-refractivity contribution is 7.13. The van der Waals surface area contributed by atoms with Gasteiger partial charge in [0.2, 0.25) is 0 Å². The van der Waals surface area contributed by atoms with Gasteiger partial charge in [0.1, 0.15) is 11.4 Å². The van der Waals surface area contributed by atoms with Crippen LogP contribution in [-0.2, 0) is 0 Å². The van der Waals surface area contributed by atoms with E-state index < -0.39 is 4.92 Å². The molecule has 7 nitrogen and oxygen atoms in total. The van der Waals surface area contributed by atoms with Crippen molar-refractivity contribution >= 4 is 22.9 Å². The SMILES string of the molecule is CCN(CC)C(=O)c1cc(-c2cccs2)nn1-c1cccc([N+](=O)[O-])c1. The second-order valence-corrected chi connectivity index (χ2v) is 6.51. The van der Waals surface area contributed by atoms with Crippen molar-refractivity contribution in [2.75, 3.05) is 13.1 Å². The molecule has 26 heavy (non-hydrogen) atoms. The van der Waals surface area contributed by atoms with E-state index in [2.05, 4.69) is 5.10 Å². The van der Waals surface area contributed by atoms with Crippen LogP contribution < -0.4 is 0 Å². The van der Waals surface area contributed by atoms with Crippen molar-refractivity contribution in [2.24, 2.45) is 0 Å². The lowest BCUT2D eigenvalue weighted by Crippen LogP contribution is -2.32. The zero-order valence-corrected chi connectivity index (χ0v) is 15.3. The first-order chi connectivity index (χ1) is 12.5. The van der Waals surface area contributed by atoms with Crippen molar-refractivity contribution < 1.29 is 9.72 Å². The standard InChI is InChI=1S/C18H18N4O3S/c1-3-20(4-2)18(23)16-12-15(17-9-6-10-26-17)19-21(16)13-7-5-8-14(11-13)22(24)25/h5-12H,3-4H2,1-2H3. The minimum absolute atomic E-state index is 0.0445. The van der Waals surface area contributed by atoms with Crippen LogP contribution in [0.5, 0.6) is 0 Å². The molecule has 2 heterocycles. The van der Waals surface area contributed by atoms with E-state index in [1.165, 1.54) is 28.2 Å². The topological polar surface area (TPSA) is 81.3 Å². The Morgan fingerprint density at radius 2 is 2.00 bits per heavy atom. The van der Waals surface area contributed by atoms with E-state index >= 15 is 0 Å². The second kappa shape index (κ2) is 7.49. The van der Waals surface area contributed by atoms with Crippen LogP contribution in [0.2, 0.25) is 0 Å². The molecule has 3 rings (SSSR count). The highest BCUT2D eigenvalue weighted by Gasteiger charge is 2.22. The average molecular weight is 370 g/mol. The number of nitro groups is 1. The monoisotopic (exact) mass is 370 g/mol. The fourth-order valence-electron chi connectivity index (χ4n) is 2.69. The van der Waals surface area contributed by atoms with Crippen molar-refractivity contribution in [3.8, 4) is 16.3 Å². The van der Waals surface area contributed by atoms with E-state index in [1.54, 1.807) is 23.1 Å². The maximum Gasteiger partial charge on any atom is 0.272 e. The number of non-ortho nitro benzene ring substituents is 1. The number of thiophene rings is 1. The summed E-state index contributed by atoms with van der Waals surface area (Å²) in [6.45, 7) is 4.97. The van der Waals surface area contributed by atoms with Crippen LogP contribution in [0.1, 0.15) is 24.3 Å². The number of benzene rings is 1. The van der Waals surface area contributed by atoms with E-state index in [0.717, 1.165) is 4.88 Å². The maximum absolute atomic E-state index is 12.9. The van der Waals surface area contributed by atoms with Crippen LogP contribution in [-0.4, -0.2) is 38.6 Å². The maximum atomic E-state index is 12.9. The van der Waals surface area contributed by atoms with Crippen molar-refractivity contribution in [3.05, 3.63) is 63.7 Å². The fourth-order valence-corrected chi connectivity index (χ4v) is 3.37. The predicted octanol–water partition coefficient (Wildman–Crippen LogP) is 3.99. The molecule has 0 aliphatic heterocycles. The van der Waals surface area contributed by atoms with Crippen LogP contribution >= 0.6 is 11.3 Å². The molecule has 0 unspecified atom stereocenters. The number of hydrogen-bond donors (Lipinski definition) is 0. The number of carbonyl (C=O) groups excluding carboxylic acids is 1. The molecular formula is C18H18N4O3S. The molecule has 0 radical (unpaired) electrons. The van der Waals surface area contributed by atoms with Gasteiger partial charge in [0, 0.05) is 25.2 Å². The molecular weight excluding hydrogens is 352 g/mol. The Kier molecular flexibility index (Phi) is 5.13. The lowest BCUT2D eigenvalue weighted by Gasteiger charge is -2.19. The number of nitrogens with zero attached hydrogens (tertiary/aromatic N) is 4. The number of nitro benzene ring substituents is 1. The quantitative estimate of drug-likeness (QED) is 0.485. The summed E-state index contributed by atoms with van der Waals surface area (Å²) in [4.78, 5) is 26.2. The number of carbonyl (C=O) groups is 1. The first-order valence-electron chi connectivity index (χ1n) is 8.23. The van der Waals surface area contributed by atoms with Crippen molar-refractivity contribution in [1.82, 2.24) is 14.7 Å². The smallest absolute Gasteiger partial charge is 0.272 e. The third kappa shape index (κ3) is 3.36. The molecule has 0 bridgehead atoms. The molecule has 134 valence electrons. The Labute approximate surface area is 154 Å². The van der Waals surface area contributed by atoms with Gasteiger partial charge in [0.25, 0.3) is 11.6 Å². The summed E-state index contributed by atoms with van der Waals surface area (Å²) in [5.74, 6) is -0.156. The largest absolute Gasteiger partial charge is 0.338 e. The molecule has 1 aromatic carbocycles. The van der Waals surface area contributed by atoms with Crippen molar-refractivity contribution in [3.63, 3.8) is 0 Å². The zero-order valence-electron chi connectivity index (χ0n) is 14.5. The van der Waals surface area contributed by atoms with E-state index in [9.17, 15) is 14.9 Å². The first-order valence-corrected chi connectivity index (χ1v) is 9.11. The normalized spacial score (nSPS) is 10.7. The van der Waals surface area contributed by atoms with Gasteiger partial charge < -0.3 is 4.90 Å². The predicted molar refractivity (Wildman–Crippen MR) is 101 cm³/mol. The summed E-state index contributed by atoms with van der Waals surface area (Å²) in [5, 5.41) is 17.6. The third-order valence-electron chi connectivity index (χ3n) is 4.04. The van der Waals surface area contributed by atoms with Crippen molar-refractivity contribution in [1.29, 1.82) is 0 Å². The van der Waals surface area contributed by atoms with Crippen LogP contribution in [0, 0.1) is 10.1 Å². The Bertz CT molecular complexity index is 930. The molecule has 2 aromatic heterocycles. The van der Waals surface area contributed by atoms with Gasteiger partial charge in [-0.25, -0.2) is 4.68 Å². The van der Waals surface area contributed by atoms with E-state index in [-0.39, 0.29) is 11.6 Å². The summed E-state index contributed by atoms with van der Waals surface area (Å²) < 4.78 is 1.49. The molecule has 0 saturated heterocycles. The molecule has 0 aliphatic rings. The minimum Gasteiger partial charge on any atom is -0.338 e. The number of amides is 1. The molecule has 1 amide bonds. The van der Waals surface area contributed by atoms with Gasteiger partial charge in [-0.05, 0) is 37.4 Å². The van der Waals surface area contributed by atoms with Gasteiger partial charge in [0.05, 0.1) is 15.5 Å². The summed E-state index contributed by atoms with van der Waals surface area (Å²) in [7, 11) is 0. The molecule has 0 aliphatic carbocycles. The highest BCUT2D eigenvalue weighted by Crippen LogP contribution is 2.27. The average Bonchev–Trinajstić information content (AvgIpc) is 3.32. The minimum atomic E-state index is -0.459. The summed E-state index contributed by atoms with van der Waals surface area (Å²) in [6, 6.07) is 11.7. The van der Waals surface area contributed by atoms with Gasteiger partial charge in [-0.2, -0.15) is 5.10 Å². The Morgan fingerprint density at radius 3 is 2.62 bits per heavy atom.